The van der Waals surface area contributed by atoms with Gasteiger partial charge < -0.3 is 10.6 Å². The van der Waals surface area contributed by atoms with E-state index in [0.29, 0.717) is 17.6 Å². The predicted molar refractivity (Wildman–Crippen MR) is 70.8 cm³/mol. The number of rotatable bonds is 1. The molecule has 0 spiro atoms. The van der Waals surface area contributed by atoms with Crippen molar-refractivity contribution in [2.45, 2.75) is 26.7 Å². The summed E-state index contributed by atoms with van der Waals surface area (Å²) in [5, 5.41) is 0. The summed E-state index contributed by atoms with van der Waals surface area (Å²) in [6.07, 6.45) is 2.35. The number of aliphatic imine (C=N–C) groups is 1. The Morgan fingerprint density at radius 1 is 1.67 bits per heavy atom. The minimum Gasteiger partial charge on any atom is -0.369 e. The average Bonchev–Trinajstić information content (AvgIpc) is 2.27. The van der Waals surface area contributed by atoms with Crippen LogP contribution in [0.2, 0.25) is 0 Å². The molecule has 18 heavy (non-hydrogen) atoms. The summed E-state index contributed by atoms with van der Waals surface area (Å²) in [5.74, 6) is 1.32. The number of nitrogens with two attached hydrogens (primary N) is 1. The number of aromatic amines is 1. The number of piperidine rings is 1. The van der Waals surface area contributed by atoms with E-state index in [4.69, 9.17) is 5.73 Å². The molecule has 1 saturated heterocycles. The zero-order valence-corrected chi connectivity index (χ0v) is 10.8. The molecule has 0 amide bonds. The lowest BCUT2D eigenvalue weighted by Crippen LogP contribution is -2.43. The third-order valence-electron chi connectivity index (χ3n) is 3.06. The van der Waals surface area contributed by atoms with Gasteiger partial charge in [-0.15, -0.1) is 0 Å². The number of aryl methyl sites for hydroxylation is 1. The Morgan fingerprint density at radius 2 is 2.44 bits per heavy atom. The summed E-state index contributed by atoms with van der Waals surface area (Å²) >= 11 is 0. The van der Waals surface area contributed by atoms with Gasteiger partial charge >= 0.3 is 0 Å². The molecule has 2 rings (SSSR count). The number of guanidine groups is 1. The van der Waals surface area contributed by atoms with E-state index in [1.807, 2.05) is 4.90 Å². The predicted octanol–water partition coefficient (Wildman–Crippen LogP) is 0.756. The van der Waals surface area contributed by atoms with Crippen molar-refractivity contribution >= 4 is 11.9 Å². The SMILES string of the molecule is Cc1cc(=O)[nH]c(/N=C(\N)N2CCCC(C)C2)n1. The van der Waals surface area contributed by atoms with E-state index in [2.05, 4.69) is 21.9 Å². The van der Waals surface area contributed by atoms with Gasteiger partial charge in [0, 0.05) is 24.8 Å². The van der Waals surface area contributed by atoms with Crippen LogP contribution in [0.5, 0.6) is 0 Å². The van der Waals surface area contributed by atoms with Crippen molar-refractivity contribution < 1.29 is 0 Å². The quantitative estimate of drug-likeness (QED) is 0.568. The number of likely N-dealkylation sites (tertiary alicyclic amines) is 1. The molecule has 0 aliphatic carbocycles. The Kier molecular flexibility index (Phi) is 3.64. The van der Waals surface area contributed by atoms with Crippen LogP contribution in [0.3, 0.4) is 0 Å². The molecule has 1 fully saturated rings. The van der Waals surface area contributed by atoms with Gasteiger partial charge in [0.25, 0.3) is 5.56 Å². The molecule has 0 radical (unpaired) electrons. The smallest absolute Gasteiger partial charge is 0.252 e. The van der Waals surface area contributed by atoms with E-state index in [1.54, 1.807) is 6.92 Å². The molecule has 1 aromatic heterocycles. The lowest BCUT2D eigenvalue weighted by Gasteiger charge is -2.31. The van der Waals surface area contributed by atoms with Gasteiger partial charge in [-0.05, 0) is 25.7 Å². The van der Waals surface area contributed by atoms with E-state index >= 15 is 0 Å². The zero-order valence-electron chi connectivity index (χ0n) is 10.8. The Bertz CT molecular complexity index is 507. The van der Waals surface area contributed by atoms with Crippen molar-refractivity contribution in [2.75, 3.05) is 13.1 Å². The summed E-state index contributed by atoms with van der Waals surface area (Å²) in [7, 11) is 0. The first-order chi connectivity index (χ1) is 8.54. The molecule has 2 heterocycles. The van der Waals surface area contributed by atoms with Gasteiger partial charge in [-0.25, -0.2) is 4.98 Å². The number of aromatic nitrogens is 2. The molecule has 1 aliphatic heterocycles. The van der Waals surface area contributed by atoms with Crippen LogP contribution in [-0.4, -0.2) is 33.9 Å². The van der Waals surface area contributed by atoms with Gasteiger partial charge in [-0.1, -0.05) is 6.92 Å². The summed E-state index contributed by atoms with van der Waals surface area (Å²) in [4.78, 5) is 24.2. The standard InChI is InChI=1S/C12H19N5O/c1-8-4-3-5-17(7-8)11(13)16-12-14-9(2)6-10(18)15-12/h6,8H,3-5,7H2,1-2H3,(H3,13,14,15,16,18). The third kappa shape index (κ3) is 3.09. The van der Waals surface area contributed by atoms with Gasteiger partial charge in [0.15, 0.2) is 5.96 Å². The van der Waals surface area contributed by atoms with Crippen molar-refractivity contribution in [2.24, 2.45) is 16.6 Å². The lowest BCUT2D eigenvalue weighted by atomic mass is 10.0. The highest BCUT2D eigenvalue weighted by atomic mass is 16.1. The van der Waals surface area contributed by atoms with E-state index < -0.39 is 0 Å². The molecule has 0 aromatic carbocycles. The number of H-pyrrole nitrogens is 1. The van der Waals surface area contributed by atoms with Crippen LogP contribution in [0.15, 0.2) is 15.9 Å². The zero-order chi connectivity index (χ0) is 13.1. The van der Waals surface area contributed by atoms with Gasteiger partial charge in [0.1, 0.15) is 0 Å². The molecule has 6 heteroatoms. The Labute approximate surface area is 106 Å². The van der Waals surface area contributed by atoms with Crippen LogP contribution in [0.4, 0.5) is 5.95 Å². The number of hydrogen-bond acceptors (Lipinski definition) is 3. The largest absolute Gasteiger partial charge is 0.369 e. The van der Waals surface area contributed by atoms with Gasteiger partial charge in [-0.2, -0.15) is 4.99 Å². The fourth-order valence-corrected chi connectivity index (χ4v) is 2.19. The molecule has 0 saturated carbocycles. The second kappa shape index (κ2) is 5.20. The summed E-state index contributed by atoms with van der Waals surface area (Å²) in [6, 6.07) is 1.43. The molecule has 1 unspecified atom stereocenters. The molecular weight excluding hydrogens is 230 g/mol. The summed E-state index contributed by atoms with van der Waals surface area (Å²) in [6.45, 7) is 5.78. The molecular formula is C12H19N5O. The van der Waals surface area contributed by atoms with Crippen LogP contribution >= 0.6 is 0 Å². The van der Waals surface area contributed by atoms with Gasteiger partial charge in [-0.3, -0.25) is 9.78 Å². The average molecular weight is 249 g/mol. The Balaban J connectivity index is 2.18. The normalized spacial score (nSPS) is 21.1. The van der Waals surface area contributed by atoms with E-state index in [0.717, 1.165) is 19.5 Å². The topological polar surface area (TPSA) is 87.4 Å². The molecule has 0 bridgehead atoms. The fourth-order valence-electron chi connectivity index (χ4n) is 2.19. The van der Waals surface area contributed by atoms with E-state index in [-0.39, 0.29) is 11.5 Å². The molecule has 1 aromatic rings. The summed E-state index contributed by atoms with van der Waals surface area (Å²) in [5.41, 5.74) is 6.39. The van der Waals surface area contributed by atoms with Crippen LogP contribution in [0, 0.1) is 12.8 Å². The maximum atomic E-state index is 11.3. The van der Waals surface area contributed by atoms with Crippen LogP contribution < -0.4 is 11.3 Å². The first-order valence-corrected chi connectivity index (χ1v) is 6.21. The monoisotopic (exact) mass is 249 g/mol. The van der Waals surface area contributed by atoms with Crippen LogP contribution in [0.25, 0.3) is 0 Å². The Morgan fingerprint density at radius 3 is 3.11 bits per heavy atom. The molecule has 3 N–H and O–H groups in total. The van der Waals surface area contributed by atoms with E-state index in [1.165, 1.54) is 12.5 Å². The second-order valence-electron chi connectivity index (χ2n) is 4.87. The molecule has 6 nitrogen and oxygen atoms in total. The maximum absolute atomic E-state index is 11.3. The minimum absolute atomic E-state index is 0.207. The Hall–Kier alpha value is -1.85. The maximum Gasteiger partial charge on any atom is 0.252 e. The van der Waals surface area contributed by atoms with Crippen molar-refractivity contribution in [3.63, 3.8) is 0 Å². The van der Waals surface area contributed by atoms with Crippen LogP contribution in [-0.2, 0) is 0 Å². The van der Waals surface area contributed by atoms with Gasteiger partial charge in [0.2, 0.25) is 5.95 Å². The highest BCUT2D eigenvalue weighted by Gasteiger charge is 2.17. The van der Waals surface area contributed by atoms with Gasteiger partial charge in [0.05, 0.1) is 0 Å². The number of nitrogens with one attached hydrogen (secondary N) is 1. The van der Waals surface area contributed by atoms with Crippen molar-refractivity contribution in [3.05, 3.63) is 22.1 Å². The number of nitrogens with zero attached hydrogens (tertiary/aromatic N) is 3. The second-order valence-corrected chi connectivity index (χ2v) is 4.87. The number of hydrogen-bond donors (Lipinski definition) is 2. The van der Waals surface area contributed by atoms with Crippen LogP contribution in [0.1, 0.15) is 25.5 Å². The molecule has 1 aliphatic rings. The first-order valence-electron chi connectivity index (χ1n) is 6.21. The molecule has 98 valence electrons. The third-order valence-corrected chi connectivity index (χ3v) is 3.06. The molecule has 1 atom stereocenters. The summed E-state index contributed by atoms with van der Waals surface area (Å²) < 4.78 is 0. The van der Waals surface area contributed by atoms with Crippen molar-refractivity contribution in [1.29, 1.82) is 0 Å². The van der Waals surface area contributed by atoms with E-state index in [9.17, 15) is 4.79 Å². The first kappa shape index (κ1) is 12.6. The highest BCUT2D eigenvalue weighted by molar-refractivity contribution is 5.80. The highest BCUT2D eigenvalue weighted by Crippen LogP contribution is 2.15. The van der Waals surface area contributed by atoms with Crippen molar-refractivity contribution in [1.82, 2.24) is 14.9 Å². The minimum atomic E-state index is -0.207. The van der Waals surface area contributed by atoms with Crippen molar-refractivity contribution in [3.8, 4) is 0 Å². The lowest BCUT2D eigenvalue weighted by molar-refractivity contribution is 0.271. The fraction of sp³-hybridized carbons (Fsp3) is 0.583.